The molecular weight excluding hydrogens is 372 g/mol. The first-order chi connectivity index (χ1) is 12.9. The van der Waals surface area contributed by atoms with E-state index in [0.717, 1.165) is 39.6 Å². The maximum atomic E-state index is 12.7. The Bertz CT molecular complexity index is 974. The maximum Gasteiger partial charge on any atom is 0.241 e. The smallest absolute Gasteiger partial charge is 0.241 e. The highest BCUT2D eigenvalue weighted by Crippen LogP contribution is 2.28. The molecule has 0 bridgehead atoms. The van der Waals surface area contributed by atoms with Crippen LogP contribution in [-0.2, 0) is 14.8 Å². The molecular formula is C22H30N2O3S. The Labute approximate surface area is 168 Å². The van der Waals surface area contributed by atoms with Gasteiger partial charge in [0.05, 0.1) is 18.0 Å². The van der Waals surface area contributed by atoms with Gasteiger partial charge >= 0.3 is 0 Å². The zero-order chi connectivity index (χ0) is 21.2. The minimum atomic E-state index is -3.61. The van der Waals surface area contributed by atoms with Crippen LogP contribution in [0.15, 0.2) is 30.3 Å². The predicted molar refractivity (Wildman–Crippen MR) is 115 cm³/mol. The second-order valence-electron chi connectivity index (χ2n) is 7.67. The zero-order valence-corrected chi connectivity index (χ0v) is 18.6. The third-order valence-electron chi connectivity index (χ3n) is 4.85. The molecule has 152 valence electrons. The van der Waals surface area contributed by atoms with Gasteiger partial charge in [-0.25, -0.2) is 8.42 Å². The van der Waals surface area contributed by atoms with Crippen molar-refractivity contribution in [3.8, 4) is 0 Å². The topological polar surface area (TPSA) is 66.5 Å². The number of carbonyl (C=O) groups excluding carboxylic acids is 1. The maximum absolute atomic E-state index is 12.7. The number of anilines is 1. The van der Waals surface area contributed by atoms with Crippen LogP contribution >= 0.6 is 0 Å². The summed E-state index contributed by atoms with van der Waals surface area (Å²) >= 11 is 0. The van der Waals surface area contributed by atoms with Crippen LogP contribution in [0.4, 0.5) is 5.69 Å². The predicted octanol–water partition coefficient (Wildman–Crippen LogP) is 3.87. The first-order valence-electron chi connectivity index (χ1n) is 9.32. The lowest BCUT2D eigenvalue weighted by molar-refractivity contribution is -0.120. The van der Waals surface area contributed by atoms with Crippen LogP contribution in [0.25, 0.3) is 0 Å². The van der Waals surface area contributed by atoms with E-state index in [4.69, 9.17) is 0 Å². The summed E-state index contributed by atoms with van der Waals surface area (Å²) in [5.74, 6) is -0.335. The van der Waals surface area contributed by atoms with Crippen molar-refractivity contribution in [1.82, 2.24) is 5.32 Å². The van der Waals surface area contributed by atoms with Crippen molar-refractivity contribution in [3.05, 3.63) is 63.7 Å². The lowest BCUT2D eigenvalue weighted by Crippen LogP contribution is -2.41. The van der Waals surface area contributed by atoms with Crippen molar-refractivity contribution in [3.63, 3.8) is 0 Å². The molecule has 0 aliphatic rings. The van der Waals surface area contributed by atoms with Gasteiger partial charge in [0.1, 0.15) is 6.54 Å². The SMILES string of the molecule is Cc1cc(C)c(N(CC(=O)N[C@H](C)c2cc(C)ccc2C)S(C)(=O)=O)c(C)c1. The van der Waals surface area contributed by atoms with Crippen LogP contribution in [0.3, 0.4) is 0 Å². The summed E-state index contributed by atoms with van der Waals surface area (Å²) in [5, 5.41) is 2.94. The Hall–Kier alpha value is -2.34. The van der Waals surface area contributed by atoms with Gasteiger partial charge in [0.25, 0.3) is 0 Å². The number of aryl methyl sites for hydroxylation is 5. The fraction of sp³-hybridized carbons (Fsp3) is 0.409. The van der Waals surface area contributed by atoms with E-state index in [-0.39, 0.29) is 18.5 Å². The largest absolute Gasteiger partial charge is 0.348 e. The number of hydrogen-bond acceptors (Lipinski definition) is 3. The van der Waals surface area contributed by atoms with Gasteiger partial charge in [0, 0.05) is 0 Å². The van der Waals surface area contributed by atoms with Crippen molar-refractivity contribution in [2.45, 2.75) is 47.6 Å². The monoisotopic (exact) mass is 402 g/mol. The number of benzene rings is 2. The summed E-state index contributed by atoms with van der Waals surface area (Å²) in [6.07, 6.45) is 1.13. The molecule has 0 saturated heterocycles. The van der Waals surface area contributed by atoms with Gasteiger partial charge in [-0.3, -0.25) is 9.10 Å². The summed E-state index contributed by atoms with van der Waals surface area (Å²) < 4.78 is 26.1. The van der Waals surface area contributed by atoms with Gasteiger partial charge in [-0.2, -0.15) is 0 Å². The Balaban J connectivity index is 2.29. The quantitative estimate of drug-likeness (QED) is 0.798. The van der Waals surface area contributed by atoms with E-state index in [1.807, 2.05) is 71.9 Å². The molecule has 2 aromatic carbocycles. The number of nitrogens with zero attached hydrogens (tertiary/aromatic N) is 1. The number of nitrogens with one attached hydrogen (secondary N) is 1. The Morgan fingerprint density at radius 1 is 0.964 bits per heavy atom. The molecule has 2 rings (SSSR count). The lowest BCUT2D eigenvalue weighted by atomic mass is 10.00. The molecule has 0 aromatic heterocycles. The van der Waals surface area contributed by atoms with Gasteiger partial charge in [-0.05, 0) is 63.8 Å². The molecule has 1 N–H and O–H groups in total. The minimum absolute atomic E-state index is 0.214. The van der Waals surface area contributed by atoms with Gasteiger partial charge < -0.3 is 5.32 Å². The van der Waals surface area contributed by atoms with Crippen molar-refractivity contribution < 1.29 is 13.2 Å². The molecule has 0 unspecified atom stereocenters. The molecule has 0 fully saturated rings. The van der Waals surface area contributed by atoms with Crippen LogP contribution < -0.4 is 9.62 Å². The highest BCUT2D eigenvalue weighted by Gasteiger charge is 2.25. The average Bonchev–Trinajstić information content (AvgIpc) is 2.54. The summed E-state index contributed by atoms with van der Waals surface area (Å²) in [6.45, 7) is 11.4. The Morgan fingerprint density at radius 3 is 2.07 bits per heavy atom. The minimum Gasteiger partial charge on any atom is -0.348 e. The van der Waals surface area contributed by atoms with Crippen LogP contribution in [0.5, 0.6) is 0 Å². The molecule has 1 amide bonds. The molecule has 0 heterocycles. The van der Waals surface area contributed by atoms with Crippen LogP contribution in [0.2, 0.25) is 0 Å². The highest BCUT2D eigenvalue weighted by molar-refractivity contribution is 7.92. The normalized spacial score (nSPS) is 12.5. The zero-order valence-electron chi connectivity index (χ0n) is 17.8. The van der Waals surface area contributed by atoms with E-state index in [0.29, 0.717) is 5.69 Å². The van der Waals surface area contributed by atoms with Crippen molar-refractivity contribution in [2.75, 3.05) is 17.1 Å². The van der Waals surface area contributed by atoms with E-state index < -0.39 is 10.0 Å². The number of carbonyl (C=O) groups is 1. The second kappa shape index (κ2) is 8.35. The molecule has 1 atom stereocenters. The number of sulfonamides is 1. The molecule has 6 heteroatoms. The number of rotatable bonds is 6. The molecule has 28 heavy (non-hydrogen) atoms. The number of amides is 1. The lowest BCUT2D eigenvalue weighted by Gasteiger charge is -2.27. The van der Waals surface area contributed by atoms with Crippen molar-refractivity contribution in [1.29, 1.82) is 0 Å². The van der Waals surface area contributed by atoms with Gasteiger partial charge in [0.15, 0.2) is 0 Å². The summed E-state index contributed by atoms with van der Waals surface area (Å²) in [4.78, 5) is 12.7. The summed E-state index contributed by atoms with van der Waals surface area (Å²) in [5.41, 5.74) is 6.52. The van der Waals surface area contributed by atoms with Crippen molar-refractivity contribution in [2.24, 2.45) is 0 Å². The van der Waals surface area contributed by atoms with Crippen LogP contribution in [-0.4, -0.2) is 27.1 Å². The average molecular weight is 403 g/mol. The van der Waals surface area contributed by atoms with Crippen molar-refractivity contribution >= 4 is 21.6 Å². The first kappa shape index (κ1) is 22.0. The van der Waals surface area contributed by atoms with Crippen LogP contribution in [0.1, 0.15) is 46.3 Å². The second-order valence-corrected chi connectivity index (χ2v) is 9.57. The fourth-order valence-corrected chi connectivity index (χ4v) is 4.62. The number of hydrogen-bond donors (Lipinski definition) is 1. The molecule has 0 radical (unpaired) electrons. The van der Waals surface area contributed by atoms with E-state index in [9.17, 15) is 13.2 Å². The molecule has 0 saturated carbocycles. The standard InChI is InChI=1S/C22H30N2O3S/c1-14-8-9-16(3)20(12-14)19(6)23-21(25)13-24(28(7,26)27)22-17(4)10-15(2)11-18(22)5/h8-12,19H,13H2,1-7H3,(H,23,25)/t19-/m1/s1. The highest BCUT2D eigenvalue weighted by atomic mass is 32.2. The summed E-state index contributed by atoms with van der Waals surface area (Å²) in [7, 11) is -3.61. The van der Waals surface area contributed by atoms with E-state index >= 15 is 0 Å². The third-order valence-corrected chi connectivity index (χ3v) is 5.96. The van der Waals surface area contributed by atoms with E-state index in [1.54, 1.807) is 0 Å². The van der Waals surface area contributed by atoms with E-state index in [2.05, 4.69) is 5.32 Å². The van der Waals surface area contributed by atoms with Gasteiger partial charge in [-0.15, -0.1) is 0 Å². The first-order valence-corrected chi connectivity index (χ1v) is 11.2. The van der Waals surface area contributed by atoms with Gasteiger partial charge in [0.2, 0.25) is 15.9 Å². The van der Waals surface area contributed by atoms with Gasteiger partial charge in [-0.1, -0.05) is 41.5 Å². The summed E-state index contributed by atoms with van der Waals surface area (Å²) in [6, 6.07) is 9.74. The molecule has 0 spiro atoms. The molecule has 0 aliphatic carbocycles. The van der Waals surface area contributed by atoms with Crippen LogP contribution in [0, 0.1) is 34.6 Å². The molecule has 0 aliphatic heterocycles. The Kier molecular flexibility index (Phi) is 6.55. The molecule has 2 aromatic rings. The Morgan fingerprint density at radius 2 is 1.54 bits per heavy atom. The molecule has 5 nitrogen and oxygen atoms in total. The third kappa shape index (κ3) is 5.13. The van der Waals surface area contributed by atoms with E-state index in [1.165, 1.54) is 4.31 Å². The fourth-order valence-electron chi connectivity index (χ4n) is 3.65.